The highest BCUT2D eigenvalue weighted by Crippen LogP contribution is 2.50. The predicted octanol–water partition coefficient (Wildman–Crippen LogP) is 5.88. The van der Waals surface area contributed by atoms with Crippen molar-refractivity contribution >= 4 is 11.7 Å². The molecule has 2 amide bonds. The van der Waals surface area contributed by atoms with Crippen molar-refractivity contribution in [2.24, 2.45) is 5.92 Å². The Morgan fingerprint density at radius 2 is 1.82 bits per heavy atom. The third-order valence-electron chi connectivity index (χ3n) is 8.51. The van der Waals surface area contributed by atoms with Gasteiger partial charge in [-0.2, -0.15) is 5.26 Å². The van der Waals surface area contributed by atoms with Crippen LogP contribution in [0.1, 0.15) is 63.0 Å². The molecule has 172 valence electrons. The Morgan fingerprint density at radius 1 is 1.09 bits per heavy atom. The topological polar surface area (TPSA) is 56.6 Å². The lowest BCUT2D eigenvalue weighted by Gasteiger charge is -2.48. The molecule has 2 aromatic rings. The third kappa shape index (κ3) is 3.76. The van der Waals surface area contributed by atoms with Crippen molar-refractivity contribution in [1.82, 2.24) is 4.90 Å². The zero-order valence-electron chi connectivity index (χ0n) is 19.7. The van der Waals surface area contributed by atoms with Crippen LogP contribution in [0.4, 0.5) is 10.5 Å². The van der Waals surface area contributed by atoms with Gasteiger partial charge in [0.05, 0.1) is 36.5 Å². The first kappa shape index (κ1) is 21.8. The van der Waals surface area contributed by atoms with Crippen LogP contribution in [0, 0.1) is 17.2 Å². The fourth-order valence-electron chi connectivity index (χ4n) is 5.98. The van der Waals surface area contributed by atoms with Gasteiger partial charge in [-0.15, -0.1) is 0 Å². The number of benzene rings is 2. The van der Waals surface area contributed by atoms with Crippen LogP contribution in [0.3, 0.4) is 0 Å². The molecule has 0 aromatic heterocycles. The summed E-state index contributed by atoms with van der Waals surface area (Å²) in [7, 11) is 1.61. The number of anilines is 1. The van der Waals surface area contributed by atoms with Crippen molar-refractivity contribution in [2.45, 2.75) is 62.8 Å². The average Bonchev–Trinajstić information content (AvgIpc) is 3.09. The Bertz CT molecular complexity index is 1060. The molecule has 3 aliphatic rings. The van der Waals surface area contributed by atoms with Crippen molar-refractivity contribution in [3.8, 4) is 11.8 Å². The first-order chi connectivity index (χ1) is 16.0. The Labute approximate surface area is 196 Å². The van der Waals surface area contributed by atoms with Gasteiger partial charge in [0.25, 0.3) is 0 Å². The third-order valence-corrected chi connectivity index (χ3v) is 8.51. The van der Waals surface area contributed by atoms with E-state index in [1.54, 1.807) is 19.2 Å². The molecule has 5 heteroatoms. The van der Waals surface area contributed by atoms with E-state index in [9.17, 15) is 10.1 Å². The quantitative estimate of drug-likeness (QED) is 0.580. The Hall–Kier alpha value is -3.00. The van der Waals surface area contributed by atoms with E-state index in [1.807, 2.05) is 11.0 Å². The molecule has 1 heterocycles. The van der Waals surface area contributed by atoms with Gasteiger partial charge in [0.1, 0.15) is 5.75 Å². The van der Waals surface area contributed by atoms with Gasteiger partial charge in [0.2, 0.25) is 0 Å². The van der Waals surface area contributed by atoms with Crippen LogP contribution >= 0.6 is 0 Å². The van der Waals surface area contributed by atoms with E-state index in [4.69, 9.17) is 4.74 Å². The predicted molar refractivity (Wildman–Crippen MR) is 129 cm³/mol. The van der Waals surface area contributed by atoms with Crippen LogP contribution in [0.25, 0.3) is 0 Å². The fourth-order valence-corrected chi connectivity index (χ4v) is 5.98. The van der Waals surface area contributed by atoms with Crippen LogP contribution in [0.15, 0.2) is 48.5 Å². The molecular weight excluding hydrogens is 410 g/mol. The van der Waals surface area contributed by atoms with Crippen molar-refractivity contribution in [2.75, 3.05) is 25.1 Å². The summed E-state index contributed by atoms with van der Waals surface area (Å²) in [5.74, 6) is 1.21. The maximum atomic E-state index is 13.8. The van der Waals surface area contributed by atoms with Gasteiger partial charge < -0.3 is 9.64 Å². The fraction of sp³-hybridized carbons (Fsp3) is 0.500. The molecule has 0 unspecified atom stereocenters. The van der Waals surface area contributed by atoms with E-state index in [-0.39, 0.29) is 17.0 Å². The lowest BCUT2D eigenvalue weighted by Crippen LogP contribution is -2.53. The highest BCUT2D eigenvalue weighted by atomic mass is 16.5. The summed E-state index contributed by atoms with van der Waals surface area (Å²) in [6, 6.07) is 18.5. The second kappa shape index (κ2) is 8.41. The first-order valence-corrected chi connectivity index (χ1v) is 12.2. The maximum Gasteiger partial charge on any atom is 0.325 e. The van der Waals surface area contributed by atoms with Gasteiger partial charge in [0, 0.05) is 12.6 Å². The van der Waals surface area contributed by atoms with E-state index in [1.165, 1.54) is 24.8 Å². The zero-order chi connectivity index (χ0) is 23.1. The molecular formula is C28H33N3O2. The number of carbonyl (C=O) groups is 1. The molecule has 33 heavy (non-hydrogen) atoms. The summed E-state index contributed by atoms with van der Waals surface area (Å²) in [6.45, 7) is 3.92. The molecule has 1 saturated heterocycles. The molecule has 2 aliphatic carbocycles. The summed E-state index contributed by atoms with van der Waals surface area (Å²) in [6.07, 6.45) is 7.88. The lowest BCUT2D eigenvalue weighted by molar-refractivity contribution is 0.0695. The highest BCUT2D eigenvalue weighted by Gasteiger charge is 2.54. The minimum Gasteiger partial charge on any atom is -0.495 e. The minimum absolute atomic E-state index is 0.0909. The molecule has 2 aromatic carbocycles. The van der Waals surface area contributed by atoms with E-state index in [0.29, 0.717) is 23.8 Å². The Kier molecular flexibility index (Phi) is 5.56. The number of methoxy groups -OCH3 is 1. The van der Waals surface area contributed by atoms with Crippen LogP contribution in [0.5, 0.6) is 5.75 Å². The van der Waals surface area contributed by atoms with E-state index < -0.39 is 0 Å². The number of carbonyl (C=O) groups excluding carboxylic acids is 1. The molecule has 1 spiro atoms. The lowest BCUT2D eigenvalue weighted by atomic mass is 9.65. The van der Waals surface area contributed by atoms with Crippen LogP contribution in [-0.4, -0.2) is 36.7 Å². The van der Waals surface area contributed by atoms with Gasteiger partial charge in [-0.1, -0.05) is 43.7 Å². The van der Waals surface area contributed by atoms with Crippen molar-refractivity contribution in [3.05, 3.63) is 59.7 Å². The number of nitriles is 1. The summed E-state index contributed by atoms with van der Waals surface area (Å²) in [5.41, 5.74) is 2.73. The number of amides is 2. The summed E-state index contributed by atoms with van der Waals surface area (Å²) < 4.78 is 5.60. The number of rotatable bonds is 5. The minimum atomic E-state index is -0.139. The molecule has 0 bridgehead atoms. The van der Waals surface area contributed by atoms with E-state index in [0.717, 1.165) is 37.9 Å². The zero-order valence-corrected chi connectivity index (χ0v) is 19.7. The second-order valence-electron chi connectivity index (χ2n) is 10.4. The molecule has 0 radical (unpaired) electrons. The first-order valence-electron chi connectivity index (χ1n) is 12.2. The van der Waals surface area contributed by atoms with Crippen LogP contribution in [0.2, 0.25) is 0 Å². The number of hydrogen-bond donors (Lipinski definition) is 0. The number of hydrogen-bond acceptors (Lipinski definition) is 3. The normalized spacial score (nSPS) is 27.5. The SMILES string of the molecule is COc1cc(C#N)ccc1N1C[C@]2(CC[C@@](C)(c3ccccc3)CC2)N(CC2CCC2)C1=O. The number of urea groups is 1. The summed E-state index contributed by atoms with van der Waals surface area (Å²) in [4.78, 5) is 18.0. The van der Waals surface area contributed by atoms with Gasteiger partial charge in [-0.3, -0.25) is 4.90 Å². The van der Waals surface area contributed by atoms with Gasteiger partial charge in [0.15, 0.2) is 0 Å². The molecule has 0 atom stereocenters. The van der Waals surface area contributed by atoms with Gasteiger partial charge in [-0.25, -0.2) is 4.79 Å². The largest absolute Gasteiger partial charge is 0.495 e. The number of ether oxygens (including phenoxy) is 1. The van der Waals surface area contributed by atoms with Crippen molar-refractivity contribution < 1.29 is 9.53 Å². The number of nitrogens with zero attached hydrogens (tertiary/aromatic N) is 3. The smallest absolute Gasteiger partial charge is 0.325 e. The molecule has 1 aliphatic heterocycles. The Morgan fingerprint density at radius 3 is 2.42 bits per heavy atom. The van der Waals surface area contributed by atoms with Crippen LogP contribution in [-0.2, 0) is 5.41 Å². The molecule has 2 saturated carbocycles. The van der Waals surface area contributed by atoms with Crippen molar-refractivity contribution in [1.29, 1.82) is 5.26 Å². The van der Waals surface area contributed by atoms with Gasteiger partial charge in [-0.05, 0) is 67.6 Å². The van der Waals surface area contributed by atoms with Gasteiger partial charge >= 0.3 is 6.03 Å². The van der Waals surface area contributed by atoms with Crippen molar-refractivity contribution in [3.63, 3.8) is 0 Å². The molecule has 5 rings (SSSR count). The Balaban J connectivity index is 1.45. The van der Waals surface area contributed by atoms with Crippen LogP contribution < -0.4 is 9.64 Å². The summed E-state index contributed by atoms with van der Waals surface area (Å²) >= 11 is 0. The van der Waals surface area contributed by atoms with E-state index in [2.05, 4.69) is 48.2 Å². The highest BCUT2D eigenvalue weighted by molar-refractivity contribution is 5.97. The average molecular weight is 444 g/mol. The standard InChI is InChI=1S/C28H33N3O2/c1-27(23-9-4-3-5-10-23)13-15-28(16-14-27)20-30(26(32)31(28)19-21-7-6-8-21)24-12-11-22(18-29)17-25(24)33-2/h3-5,9-12,17,21H,6-8,13-16,19-20H2,1-2H3/t27-,28-. The molecule has 0 N–H and O–H groups in total. The molecule has 5 nitrogen and oxygen atoms in total. The second-order valence-corrected chi connectivity index (χ2v) is 10.4. The summed E-state index contributed by atoms with van der Waals surface area (Å²) in [5, 5.41) is 9.29. The molecule has 3 fully saturated rings. The monoisotopic (exact) mass is 443 g/mol. The maximum absolute atomic E-state index is 13.8. The van der Waals surface area contributed by atoms with E-state index >= 15 is 0 Å².